The van der Waals surface area contributed by atoms with Crippen LogP contribution in [0.2, 0.25) is 0 Å². The molecule has 2 heteroatoms. The van der Waals surface area contributed by atoms with Crippen LogP contribution >= 0.6 is 0 Å². The highest BCUT2D eigenvalue weighted by Gasteiger charge is 2.35. The molecule has 1 aliphatic rings. The summed E-state index contributed by atoms with van der Waals surface area (Å²) in [5.74, 6) is 1.59. The third-order valence-corrected chi connectivity index (χ3v) is 3.55. The van der Waals surface area contributed by atoms with Gasteiger partial charge in [-0.05, 0) is 45.4 Å². The molecule has 0 spiro atoms. The van der Waals surface area contributed by atoms with E-state index in [1.54, 1.807) is 0 Å². The second-order valence-corrected chi connectivity index (χ2v) is 5.56. The van der Waals surface area contributed by atoms with Gasteiger partial charge in [0, 0.05) is 12.0 Å². The lowest BCUT2D eigenvalue weighted by atomic mass is 9.80. The van der Waals surface area contributed by atoms with Gasteiger partial charge in [-0.2, -0.15) is 0 Å². The Morgan fingerprint density at radius 3 is 2.82 bits per heavy atom. The van der Waals surface area contributed by atoms with E-state index in [0.29, 0.717) is 12.0 Å². The van der Waals surface area contributed by atoms with Crippen LogP contribution in [0.4, 0.5) is 0 Å². The summed E-state index contributed by atoms with van der Waals surface area (Å²) in [6.07, 6.45) is 1.07. The normalized spacial score (nSPS) is 23.6. The number of benzene rings is 1. The molecular formula is C15H23NO. The summed E-state index contributed by atoms with van der Waals surface area (Å²) in [5, 5.41) is 3.54. The van der Waals surface area contributed by atoms with Crippen molar-refractivity contribution in [2.45, 2.75) is 51.7 Å². The maximum absolute atomic E-state index is 6.05. The van der Waals surface area contributed by atoms with Gasteiger partial charge in [-0.3, -0.25) is 0 Å². The minimum Gasteiger partial charge on any atom is -0.488 e. The van der Waals surface area contributed by atoms with Crippen molar-refractivity contribution in [1.82, 2.24) is 5.32 Å². The predicted octanol–water partition coefficient (Wildman–Crippen LogP) is 3.33. The summed E-state index contributed by atoms with van der Waals surface area (Å²) in [5.41, 5.74) is 1.28. The highest BCUT2D eigenvalue weighted by atomic mass is 16.5. The smallest absolute Gasteiger partial charge is 0.123 e. The summed E-state index contributed by atoms with van der Waals surface area (Å²) < 4.78 is 6.05. The first kappa shape index (κ1) is 12.4. The zero-order chi connectivity index (χ0) is 12.5. The molecule has 0 aromatic heterocycles. The lowest BCUT2D eigenvalue weighted by Gasteiger charge is -2.40. The standard InChI is InChI=1S/C15H23NO/c1-5-16-11(2)13-10-15(3,4)17-14-9-7-6-8-12(13)14/h6-9,11,13,16H,5,10H2,1-4H3. The Morgan fingerprint density at radius 2 is 2.12 bits per heavy atom. The number of fused-ring (bicyclic) bond motifs is 1. The minimum atomic E-state index is -0.0668. The summed E-state index contributed by atoms with van der Waals surface area (Å²) >= 11 is 0. The van der Waals surface area contributed by atoms with E-state index in [1.165, 1.54) is 5.56 Å². The second kappa shape index (κ2) is 4.69. The van der Waals surface area contributed by atoms with Gasteiger partial charge in [-0.15, -0.1) is 0 Å². The van der Waals surface area contributed by atoms with E-state index in [9.17, 15) is 0 Å². The van der Waals surface area contributed by atoms with Crippen molar-refractivity contribution in [2.24, 2.45) is 0 Å². The molecule has 1 aromatic rings. The maximum Gasteiger partial charge on any atom is 0.123 e. The fraction of sp³-hybridized carbons (Fsp3) is 0.600. The molecule has 2 unspecified atom stereocenters. The summed E-state index contributed by atoms with van der Waals surface area (Å²) in [6.45, 7) is 9.80. The van der Waals surface area contributed by atoms with Gasteiger partial charge >= 0.3 is 0 Å². The quantitative estimate of drug-likeness (QED) is 0.864. The Kier molecular flexibility index (Phi) is 3.43. The average Bonchev–Trinajstić information content (AvgIpc) is 2.27. The molecule has 2 nitrogen and oxygen atoms in total. The molecule has 0 saturated heterocycles. The lowest BCUT2D eigenvalue weighted by molar-refractivity contribution is 0.0661. The third kappa shape index (κ3) is 2.63. The van der Waals surface area contributed by atoms with Crippen LogP contribution in [0.3, 0.4) is 0 Å². The van der Waals surface area contributed by atoms with Crippen LogP contribution in [0.1, 0.15) is 45.6 Å². The fourth-order valence-corrected chi connectivity index (χ4v) is 2.77. The van der Waals surface area contributed by atoms with E-state index in [1.807, 2.05) is 0 Å². The molecule has 1 aliphatic heterocycles. The van der Waals surface area contributed by atoms with E-state index in [4.69, 9.17) is 4.74 Å². The second-order valence-electron chi connectivity index (χ2n) is 5.56. The molecule has 0 aliphatic carbocycles. The molecule has 0 saturated carbocycles. The van der Waals surface area contributed by atoms with E-state index in [2.05, 4.69) is 57.3 Å². The monoisotopic (exact) mass is 233 g/mol. The number of nitrogens with one attached hydrogen (secondary N) is 1. The number of rotatable bonds is 3. The Hall–Kier alpha value is -1.02. The van der Waals surface area contributed by atoms with Crippen molar-refractivity contribution >= 4 is 0 Å². The number of hydrogen-bond donors (Lipinski definition) is 1. The molecule has 1 aromatic carbocycles. The topological polar surface area (TPSA) is 21.3 Å². The Labute approximate surface area is 104 Å². The van der Waals surface area contributed by atoms with Gasteiger partial charge in [0.2, 0.25) is 0 Å². The third-order valence-electron chi connectivity index (χ3n) is 3.55. The Bertz CT molecular complexity index is 386. The SMILES string of the molecule is CCNC(C)C1CC(C)(C)Oc2ccccc21. The minimum absolute atomic E-state index is 0.0668. The van der Waals surface area contributed by atoms with E-state index < -0.39 is 0 Å². The zero-order valence-electron chi connectivity index (χ0n) is 11.3. The van der Waals surface area contributed by atoms with Crippen molar-refractivity contribution in [3.05, 3.63) is 29.8 Å². The van der Waals surface area contributed by atoms with Crippen LogP contribution in [0, 0.1) is 0 Å². The summed E-state index contributed by atoms with van der Waals surface area (Å²) in [7, 11) is 0. The average molecular weight is 233 g/mol. The van der Waals surface area contributed by atoms with E-state index in [0.717, 1.165) is 18.7 Å². The molecule has 0 radical (unpaired) electrons. The van der Waals surface area contributed by atoms with Crippen LogP contribution in [-0.4, -0.2) is 18.2 Å². The fourth-order valence-electron chi connectivity index (χ4n) is 2.77. The molecule has 2 rings (SSSR count). The van der Waals surface area contributed by atoms with Gasteiger partial charge in [0.25, 0.3) is 0 Å². The molecule has 0 fully saturated rings. The number of likely N-dealkylation sites (N-methyl/N-ethyl adjacent to an activating group) is 1. The molecule has 0 amide bonds. The number of para-hydroxylation sites is 1. The van der Waals surface area contributed by atoms with Crippen molar-refractivity contribution in [3.8, 4) is 5.75 Å². The van der Waals surface area contributed by atoms with Gasteiger partial charge < -0.3 is 10.1 Å². The van der Waals surface area contributed by atoms with Crippen LogP contribution in [-0.2, 0) is 0 Å². The predicted molar refractivity (Wildman–Crippen MR) is 71.6 cm³/mol. The largest absolute Gasteiger partial charge is 0.488 e. The van der Waals surface area contributed by atoms with E-state index in [-0.39, 0.29) is 5.60 Å². The van der Waals surface area contributed by atoms with Gasteiger partial charge in [0.1, 0.15) is 11.4 Å². The molecule has 17 heavy (non-hydrogen) atoms. The van der Waals surface area contributed by atoms with Crippen molar-refractivity contribution < 1.29 is 4.74 Å². The van der Waals surface area contributed by atoms with Crippen LogP contribution in [0.5, 0.6) is 5.75 Å². The molecular weight excluding hydrogens is 210 g/mol. The van der Waals surface area contributed by atoms with Crippen molar-refractivity contribution in [3.63, 3.8) is 0 Å². The first-order valence-corrected chi connectivity index (χ1v) is 6.55. The first-order chi connectivity index (χ1) is 8.03. The lowest BCUT2D eigenvalue weighted by Crippen LogP contribution is -2.42. The summed E-state index contributed by atoms with van der Waals surface area (Å²) in [6, 6.07) is 8.93. The van der Waals surface area contributed by atoms with Gasteiger partial charge in [-0.1, -0.05) is 25.1 Å². The zero-order valence-corrected chi connectivity index (χ0v) is 11.3. The van der Waals surface area contributed by atoms with Crippen molar-refractivity contribution in [1.29, 1.82) is 0 Å². The highest BCUT2D eigenvalue weighted by molar-refractivity contribution is 5.39. The van der Waals surface area contributed by atoms with E-state index >= 15 is 0 Å². The number of hydrogen-bond acceptors (Lipinski definition) is 2. The Balaban J connectivity index is 2.32. The Morgan fingerprint density at radius 1 is 1.41 bits per heavy atom. The highest BCUT2D eigenvalue weighted by Crippen LogP contribution is 2.42. The number of ether oxygens (including phenoxy) is 1. The van der Waals surface area contributed by atoms with Crippen molar-refractivity contribution in [2.75, 3.05) is 6.54 Å². The van der Waals surface area contributed by atoms with Crippen LogP contribution in [0.25, 0.3) is 0 Å². The van der Waals surface area contributed by atoms with Gasteiger partial charge in [0.05, 0.1) is 0 Å². The summed E-state index contributed by atoms with van der Waals surface area (Å²) in [4.78, 5) is 0. The molecule has 1 heterocycles. The van der Waals surface area contributed by atoms with Gasteiger partial charge in [-0.25, -0.2) is 0 Å². The van der Waals surface area contributed by atoms with Gasteiger partial charge in [0.15, 0.2) is 0 Å². The molecule has 94 valence electrons. The van der Waals surface area contributed by atoms with Crippen LogP contribution in [0.15, 0.2) is 24.3 Å². The maximum atomic E-state index is 6.05. The first-order valence-electron chi connectivity index (χ1n) is 6.55. The molecule has 1 N–H and O–H groups in total. The van der Waals surface area contributed by atoms with Crippen LogP contribution < -0.4 is 10.1 Å². The molecule has 2 atom stereocenters. The molecule has 0 bridgehead atoms.